The predicted octanol–water partition coefficient (Wildman–Crippen LogP) is -0.119. The van der Waals surface area contributed by atoms with E-state index in [1.807, 2.05) is 0 Å². The quantitative estimate of drug-likeness (QED) is 0.708. The molecule has 0 spiro atoms. The van der Waals surface area contributed by atoms with Gasteiger partial charge in [0.05, 0.1) is 11.8 Å². The summed E-state index contributed by atoms with van der Waals surface area (Å²) >= 11 is 0. The van der Waals surface area contributed by atoms with Crippen molar-refractivity contribution in [1.82, 2.24) is 9.62 Å². The highest BCUT2D eigenvalue weighted by Crippen LogP contribution is 2.25. The Kier molecular flexibility index (Phi) is 5.98. The molecule has 2 N–H and O–H groups in total. The summed E-state index contributed by atoms with van der Waals surface area (Å²) in [6.07, 6.45) is 2.91. The number of hydrogen-bond donors (Lipinski definition) is 2. The van der Waals surface area contributed by atoms with Gasteiger partial charge in [-0.15, -0.1) is 0 Å². The van der Waals surface area contributed by atoms with Crippen molar-refractivity contribution in [2.75, 3.05) is 39.4 Å². The van der Waals surface area contributed by atoms with Crippen molar-refractivity contribution < 1.29 is 23.1 Å². The SMILES string of the molecule is O=C(O)CNCC1CCCN(S(=O)(=O)C2CCOCC2)C1. The number of hydrogen-bond acceptors (Lipinski definition) is 5. The van der Waals surface area contributed by atoms with E-state index in [9.17, 15) is 13.2 Å². The van der Waals surface area contributed by atoms with Crippen LogP contribution in [0.3, 0.4) is 0 Å². The van der Waals surface area contributed by atoms with Gasteiger partial charge in [-0.25, -0.2) is 12.7 Å². The Hall–Kier alpha value is -0.700. The molecule has 122 valence electrons. The smallest absolute Gasteiger partial charge is 0.317 e. The summed E-state index contributed by atoms with van der Waals surface area (Å²) in [6, 6.07) is 0. The molecule has 2 rings (SSSR count). The molecule has 0 aromatic rings. The first-order valence-corrected chi connectivity index (χ1v) is 8.99. The highest BCUT2D eigenvalue weighted by atomic mass is 32.2. The third kappa shape index (κ3) is 4.64. The molecular formula is C13H24N2O5S. The second-order valence-corrected chi connectivity index (χ2v) is 7.96. The molecule has 2 aliphatic heterocycles. The Bertz CT molecular complexity index is 447. The van der Waals surface area contributed by atoms with E-state index in [4.69, 9.17) is 9.84 Å². The molecule has 8 heteroatoms. The minimum absolute atomic E-state index is 0.0801. The fraction of sp³-hybridized carbons (Fsp3) is 0.923. The summed E-state index contributed by atoms with van der Waals surface area (Å²) in [4.78, 5) is 10.5. The number of aliphatic carboxylic acids is 1. The number of carboxylic acids is 1. The Morgan fingerprint density at radius 2 is 2.00 bits per heavy atom. The molecule has 7 nitrogen and oxygen atoms in total. The second kappa shape index (κ2) is 7.53. The van der Waals surface area contributed by atoms with E-state index in [0.29, 0.717) is 45.7 Å². The number of sulfonamides is 1. The van der Waals surface area contributed by atoms with Gasteiger partial charge in [0.15, 0.2) is 0 Å². The van der Waals surface area contributed by atoms with E-state index >= 15 is 0 Å². The molecule has 0 aromatic heterocycles. The largest absolute Gasteiger partial charge is 0.480 e. The van der Waals surface area contributed by atoms with Crippen molar-refractivity contribution in [3.63, 3.8) is 0 Å². The van der Waals surface area contributed by atoms with Crippen LogP contribution in [0, 0.1) is 5.92 Å². The summed E-state index contributed by atoms with van der Waals surface area (Å²) in [5, 5.41) is 11.2. The molecule has 1 unspecified atom stereocenters. The van der Waals surface area contributed by atoms with Crippen molar-refractivity contribution in [3.8, 4) is 0 Å². The zero-order valence-electron chi connectivity index (χ0n) is 12.2. The molecule has 2 heterocycles. The van der Waals surface area contributed by atoms with Crippen molar-refractivity contribution in [2.45, 2.75) is 30.9 Å². The topological polar surface area (TPSA) is 95.9 Å². The first-order valence-electron chi connectivity index (χ1n) is 7.49. The monoisotopic (exact) mass is 320 g/mol. The van der Waals surface area contributed by atoms with E-state index in [1.54, 1.807) is 4.31 Å². The fourth-order valence-corrected chi connectivity index (χ4v) is 5.00. The minimum atomic E-state index is -3.25. The van der Waals surface area contributed by atoms with Crippen LogP contribution < -0.4 is 5.32 Å². The van der Waals surface area contributed by atoms with Crippen LogP contribution in [0.5, 0.6) is 0 Å². The molecule has 0 radical (unpaired) electrons. The number of ether oxygens (including phenoxy) is 1. The van der Waals surface area contributed by atoms with Gasteiger partial charge in [-0.1, -0.05) is 0 Å². The Labute approximate surface area is 125 Å². The molecule has 2 saturated heterocycles. The molecule has 21 heavy (non-hydrogen) atoms. The van der Waals surface area contributed by atoms with Crippen LogP contribution in [0.1, 0.15) is 25.7 Å². The molecule has 0 aromatic carbocycles. The van der Waals surface area contributed by atoms with E-state index in [2.05, 4.69) is 5.32 Å². The summed E-state index contributed by atoms with van der Waals surface area (Å²) in [5.41, 5.74) is 0. The Balaban J connectivity index is 1.88. The molecule has 0 saturated carbocycles. The second-order valence-electron chi connectivity index (χ2n) is 5.75. The van der Waals surface area contributed by atoms with E-state index in [0.717, 1.165) is 12.8 Å². The van der Waals surface area contributed by atoms with E-state index < -0.39 is 16.0 Å². The lowest BCUT2D eigenvalue weighted by molar-refractivity contribution is -0.136. The van der Waals surface area contributed by atoms with Gasteiger partial charge in [-0.2, -0.15) is 0 Å². The van der Waals surface area contributed by atoms with Gasteiger partial charge >= 0.3 is 5.97 Å². The van der Waals surface area contributed by atoms with Crippen LogP contribution in [-0.2, 0) is 19.6 Å². The van der Waals surface area contributed by atoms with Crippen LogP contribution in [0.25, 0.3) is 0 Å². The first-order chi connectivity index (χ1) is 10.00. The Morgan fingerprint density at radius 1 is 1.29 bits per heavy atom. The van der Waals surface area contributed by atoms with Gasteiger partial charge in [-0.3, -0.25) is 4.79 Å². The average molecular weight is 320 g/mol. The average Bonchev–Trinajstić information content (AvgIpc) is 2.48. The molecule has 0 bridgehead atoms. The lowest BCUT2D eigenvalue weighted by atomic mass is 10.00. The third-order valence-electron chi connectivity index (χ3n) is 4.14. The number of nitrogens with zero attached hydrogens (tertiary/aromatic N) is 1. The van der Waals surface area contributed by atoms with Gasteiger partial charge in [-0.05, 0) is 38.1 Å². The van der Waals surface area contributed by atoms with Crippen LogP contribution >= 0.6 is 0 Å². The summed E-state index contributed by atoms with van der Waals surface area (Å²) < 4.78 is 32.1. The normalized spacial score (nSPS) is 25.8. The fourth-order valence-electron chi connectivity index (χ4n) is 2.99. The molecule has 0 amide bonds. The van der Waals surface area contributed by atoms with E-state index in [-0.39, 0.29) is 17.7 Å². The number of nitrogens with one attached hydrogen (secondary N) is 1. The van der Waals surface area contributed by atoms with Crippen LogP contribution in [0.15, 0.2) is 0 Å². The zero-order chi connectivity index (χ0) is 15.3. The highest BCUT2D eigenvalue weighted by Gasteiger charge is 2.35. The van der Waals surface area contributed by atoms with Crippen molar-refractivity contribution in [1.29, 1.82) is 0 Å². The number of carboxylic acid groups (broad SMARTS) is 1. The van der Waals surface area contributed by atoms with Gasteiger partial charge in [0.1, 0.15) is 0 Å². The summed E-state index contributed by atoms with van der Waals surface area (Å²) in [6.45, 7) is 2.57. The maximum Gasteiger partial charge on any atom is 0.317 e. The molecule has 1 atom stereocenters. The first kappa shape index (κ1) is 16.7. The lowest BCUT2D eigenvalue weighted by Gasteiger charge is -2.35. The Morgan fingerprint density at radius 3 is 2.67 bits per heavy atom. The van der Waals surface area contributed by atoms with Gasteiger partial charge in [0.2, 0.25) is 10.0 Å². The minimum Gasteiger partial charge on any atom is -0.480 e. The molecule has 0 aliphatic carbocycles. The molecule has 2 fully saturated rings. The predicted molar refractivity (Wildman–Crippen MR) is 77.6 cm³/mol. The van der Waals surface area contributed by atoms with Crippen LogP contribution in [-0.4, -0.2) is 68.4 Å². The highest BCUT2D eigenvalue weighted by molar-refractivity contribution is 7.89. The lowest BCUT2D eigenvalue weighted by Crippen LogP contribution is -2.47. The van der Waals surface area contributed by atoms with Gasteiger partial charge < -0.3 is 15.2 Å². The maximum atomic E-state index is 12.6. The van der Waals surface area contributed by atoms with Crippen LogP contribution in [0.4, 0.5) is 0 Å². The summed E-state index contributed by atoms with van der Waals surface area (Å²) in [5.74, 6) is -0.704. The number of carbonyl (C=O) groups is 1. The van der Waals surface area contributed by atoms with Gasteiger partial charge in [0.25, 0.3) is 0 Å². The van der Waals surface area contributed by atoms with Crippen molar-refractivity contribution in [3.05, 3.63) is 0 Å². The molecule has 2 aliphatic rings. The van der Waals surface area contributed by atoms with E-state index in [1.165, 1.54) is 0 Å². The molecular weight excluding hydrogens is 296 g/mol. The zero-order valence-corrected chi connectivity index (χ0v) is 13.0. The van der Waals surface area contributed by atoms with Crippen LogP contribution in [0.2, 0.25) is 0 Å². The third-order valence-corrected chi connectivity index (χ3v) is 6.51. The standard InChI is InChI=1S/C13H24N2O5S/c16-13(17)9-14-8-11-2-1-5-15(10-11)21(18,19)12-3-6-20-7-4-12/h11-12,14H,1-10H2,(H,16,17). The number of piperidine rings is 1. The summed E-state index contributed by atoms with van der Waals surface area (Å²) in [7, 11) is -3.25. The maximum absolute atomic E-state index is 12.6. The number of rotatable bonds is 6. The van der Waals surface area contributed by atoms with Crippen molar-refractivity contribution in [2.24, 2.45) is 5.92 Å². The van der Waals surface area contributed by atoms with Gasteiger partial charge in [0, 0.05) is 26.3 Å². The van der Waals surface area contributed by atoms with Crippen molar-refractivity contribution >= 4 is 16.0 Å².